The lowest BCUT2D eigenvalue weighted by atomic mass is 10.0. The zero-order valence-electron chi connectivity index (χ0n) is 12.8. The van der Waals surface area contributed by atoms with Crippen LogP contribution < -0.4 is 11.1 Å². The molecular weight excluding hydrogens is 381 g/mol. The van der Waals surface area contributed by atoms with Crippen LogP contribution in [0.5, 0.6) is 0 Å². The van der Waals surface area contributed by atoms with Crippen molar-refractivity contribution in [2.45, 2.75) is 52.5 Å². The van der Waals surface area contributed by atoms with Crippen molar-refractivity contribution in [2.75, 3.05) is 6.54 Å². The number of aliphatic imine (C=N–C) groups is 1. The van der Waals surface area contributed by atoms with Crippen LogP contribution in [0.15, 0.2) is 22.5 Å². The minimum Gasteiger partial charge on any atom is -0.370 e. The molecule has 0 aromatic carbocycles. The Balaban J connectivity index is 0.00000361. The standard InChI is InChI=1S/C15H27N3S.HI/c1-12(2)6-4-7-13(3)18-15(16)17-10-9-14-8-5-11-19-14;/h5,8,11-13H,4,6-7,9-10H2,1-3H3,(H3,16,17,18);1H. The van der Waals surface area contributed by atoms with E-state index in [0.717, 1.165) is 25.3 Å². The van der Waals surface area contributed by atoms with Gasteiger partial charge in [-0.1, -0.05) is 32.8 Å². The molecule has 20 heavy (non-hydrogen) atoms. The van der Waals surface area contributed by atoms with E-state index in [1.807, 2.05) is 0 Å². The summed E-state index contributed by atoms with van der Waals surface area (Å²) in [6, 6.07) is 4.62. The summed E-state index contributed by atoms with van der Waals surface area (Å²) in [5.74, 6) is 1.36. The molecule has 1 unspecified atom stereocenters. The van der Waals surface area contributed by atoms with Crippen molar-refractivity contribution in [1.29, 1.82) is 0 Å². The third-order valence-electron chi connectivity index (χ3n) is 3.03. The summed E-state index contributed by atoms with van der Waals surface area (Å²) < 4.78 is 0. The van der Waals surface area contributed by atoms with E-state index in [2.05, 4.69) is 48.6 Å². The van der Waals surface area contributed by atoms with Gasteiger partial charge in [0.25, 0.3) is 0 Å². The molecule has 1 rings (SSSR count). The van der Waals surface area contributed by atoms with Gasteiger partial charge >= 0.3 is 0 Å². The quantitative estimate of drug-likeness (QED) is 0.387. The molecule has 0 amide bonds. The van der Waals surface area contributed by atoms with Crippen LogP contribution in [0.2, 0.25) is 0 Å². The molecule has 5 heteroatoms. The minimum absolute atomic E-state index is 0. The first-order chi connectivity index (χ1) is 9.08. The molecule has 1 aromatic heterocycles. The van der Waals surface area contributed by atoms with E-state index in [1.165, 1.54) is 17.7 Å². The minimum atomic E-state index is 0. The predicted molar refractivity (Wildman–Crippen MR) is 101 cm³/mol. The Morgan fingerprint density at radius 2 is 2.10 bits per heavy atom. The van der Waals surface area contributed by atoms with Gasteiger partial charge in [-0.3, -0.25) is 4.99 Å². The molecule has 1 atom stereocenters. The molecule has 0 spiro atoms. The average Bonchev–Trinajstić information content (AvgIpc) is 2.81. The van der Waals surface area contributed by atoms with Gasteiger partial charge in [-0.25, -0.2) is 0 Å². The zero-order chi connectivity index (χ0) is 14.1. The molecule has 0 bridgehead atoms. The van der Waals surface area contributed by atoms with Crippen LogP contribution in [-0.4, -0.2) is 18.5 Å². The highest BCUT2D eigenvalue weighted by Gasteiger charge is 2.03. The summed E-state index contributed by atoms with van der Waals surface area (Å²) in [6.45, 7) is 7.46. The summed E-state index contributed by atoms with van der Waals surface area (Å²) in [7, 11) is 0. The lowest BCUT2D eigenvalue weighted by Crippen LogP contribution is -2.38. The van der Waals surface area contributed by atoms with Crippen LogP contribution >= 0.6 is 35.3 Å². The van der Waals surface area contributed by atoms with Crippen LogP contribution in [0, 0.1) is 5.92 Å². The number of thiophene rings is 1. The van der Waals surface area contributed by atoms with Crippen molar-refractivity contribution in [1.82, 2.24) is 5.32 Å². The summed E-state index contributed by atoms with van der Waals surface area (Å²) in [6.07, 6.45) is 4.65. The number of hydrogen-bond acceptors (Lipinski definition) is 2. The Morgan fingerprint density at radius 3 is 2.70 bits per heavy atom. The molecular formula is C15H28IN3S. The second kappa shape index (κ2) is 11.4. The first-order valence-electron chi connectivity index (χ1n) is 7.16. The van der Waals surface area contributed by atoms with Gasteiger partial charge in [-0.2, -0.15) is 0 Å². The normalized spacial score (nSPS) is 13.1. The van der Waals surface area contributed by atoms with Gasteiger partial charge in [0, 0.05) is 23.9 Å². The highest BCUT2D eigenvalue weighted by Crippen LogP contribution is 2.09. The molecule has 3 N–H and O–H groups in total. The Kier molecular flexibility index (Phi) is 11.2. The molecule has 0 aliphatic rings. The Labute approximate surface area is 144 Å². The maximum atomic E-state index is 5.89. The highest BCUT2D eigenvalue weighted by molar-refractivity contribution is 14.0. The van der Waals surface area contributed by atoms with Crippen LogP contribution in [0.1, 0.15) is 44.9 Å². The van der Waals surface area contributed by atoms with Crippen molar-refractivity contribution in [2.24, 2.45) is 16.6 Å². The number of rotatable bonds is 8. The summed E-state index contributed by atoms with van der Waals surface area (Å²) in [4.78, 5) is 5.73. The van der Waals surface area contributed by atoms with Crippen LogP contribution in [0.4, 0.5) is 0 Å². The fourth-order valence-corrected chi connectivity index (χ4v) is 2.64. The van der Waals surface area contributed by atoms with Gasteiger partial charge in [0.2, 0.25) is 0 Å². The highest BCUT2D eigenvalue weighted by atomic mass is 127. The number of nitrogens with zero attached hydrogens (tertiary/aromatic N) is 1. The molecule has 0 fully saturated rings. The first kappa shape index (κ1) is 19.7. The Bertz CT molecular complexity index is 363. The van der Waals surface area contributed by atoms with Gasteiger partial charge in [0.15, 0.2) is 5.96 Å². The SMILES string of the molecule is CC(C)CCCC(C)NC(N)=NCCc1cccs1.I. The summed E-state index contributed by atoms with van der Waals surface area (Å²) >= 11 is 1.77. The van der Waals surface area contributed by atoms with Gasteiger partial charge in [-0.15, -0.1) is 35.3 Å². The van der Waals surface area contributed by atoms with Gasteiger partial charge < -0.3 is 11.1 Å². The molecule has 116 valence electrons. The zero-order valence-corrected chi connectivity index (χ0v) is 15.9. The van der Waals surface area contributed by atoms with E-state index < -0.39 is 0 Å². The van der Waals surface area contributed by atoms with Gasteiger partial charge in [0.05, 0.1) is 0 Å². The molecule has 3 nitrogen and oxygen atoms in total. The lowest BCUT2D eigenvalue weighted by molar-refractivity contribution is 0.493. The fourth-order valence-electron chi connectivity index (χ4n) is 1.94. The third kappa shape index (κ3) is 9.58. The van der Waals surface area contributed by atoms with E-state index in [1.54, 1.807) is 11.3 Å². The molecule has 1 aromatic rings. The van der Waals surface area contributed by atoms with Crippen molar-refractivity contribution in [3.63, 3.8) is 0 Å². The van der Waals surface area contributed by atoms with E-state index in [9.17, 15) is 0 Å². The van der Waals surface area contributed by atoms with Crippen LogP contribution in [0.3, 0.4) is 0 Å². The summed E-state index contributed by atoms with van der Waals surface area (Å²) in [5.41, 5.74) is 5.89. The van der Waals surface area contributed by atoms with Crippen molar-refractivity contribution < 1.29 is 0 Å². The van der Waals surface area contributed by atoms with E-state index in [-0.39, 0.29) is 24.0 Å². The van der Waals surface area contributed by atoms with Crippen LogP contribution in [-0.2, 0) is 6.42 Å². The molecule has 0 saturated heterocycles. The maximum absolute atomic E-state index is 5.89. The fraction of sp³-hybridized carbons (Fsp3) is 0.667. The number of guanidine groups is 1. The summed E-state index contributed by atoms with van der Waals surface area (Å²) in [5, 5.41) is 5.36. The number of halogens is 1. The second-order valence-electron chi connectivity index (χ2n) is 5.47. The largest absolute Gasteiger partial charge is 0.370 e. The molecule has 0 saturated carbocycles. The second-order valence-corrected chi connectivity index (χ2v) is 6.50. The van der Waals surface area contributed by atoms with Crippen molar-refractivity contribution in [3.05, 3.63) is 22.4 Å². The van der Waals surface area contributed by atoms with Crippen molar-refractivity contribution >= 4 is 41.3 Å². The Morgan fingerprint density at radius 1 is 1.35 bits per heavy atom. The monoisotopic (exact) mass is 409 g/mol. The van der Waals surface area contributed by atoms with Gasteiger partial charge in [0.1, 0.15) is 0 Å². The topological polar surface area (TPSA) is 50.4 Å². The number of nitrogens with two attached hydrogens (primary N) is 1. The molecule has 1 heterocycles. The van der Waals surface area contributed by atoms with E-state index in [0.29, 0.717) is 12.0 Å². The lowest BCUT2D eigenvalue weighted by Gasteiger charge is -2.15. The van der Waals surface area contributed by atoms with E-state index >= 15 is 0 Å². The molecule has 0 aliphatic carbocycles. The molecule has 0 aliphatic heterocycles. The Hall–Kier alpha value is -0.300. The maximum Gasteiger partial charge on any atom is 0.188 e. The van der Waals surface area contributed by atoms with Crippen LogP contribution in [0.25, 0.3) is 0 Å². The first-order valence-corrected chi connectivity index (χ1v) is 8.04. The smallest absolute Gasteiger partial charge is 0.188 e. The van der Waals surface area contributed by atoms with Crippen molar-refractivity contribution in [3.8, 4) is 0 Å². The van der Waals surface area contributed by atoms with E-state index in [4.69, 9.17) is 5.73 Å². The third-order valence-corrected chi connectivity index (χ3v) is 3.97. The van der Waals surface area contributed by atoms with Gasteiger partial charge in [-0.05, 0) is 30.7 Å². The molecule has 0 radical (unpaired) electrons. The number of hydrogen-bond donors (Lipinski definition) is 2. The predicted octanol–water partition coefficient (Wildman–Crippen LogP) is 4.03. The average molecular weight is 409 g/mol. The number of nitrogens with one attached hydrogen (secondary N) is 1.